The summed E-state index contributed by atoms with van der Waals surface area (Å²) in [5.74, 6) is 4.05. The van der Waals surface area contributed by atoms with Gasteiger partial charge in [0.2, 0.25) is 0 Å². The topological polar surface area (TPSA) is 12.5 Å². The molecule has 11 heavy (non-hydrogen) atoms. The molecule has 1 radical (unpaired) electrons. The Morgan fingerprint density at radius 3 is 2.18 bits per heavy atom. The number of rotatable bonds is 0. The molecule has 0 spiro atoms. The normalized spacial score (nSPS) is 69.8. The van der Waals surface area contributed by atoms with Crippen molar-refractivity contribution in [2.75, 3.05) is 0 Å². The summed E-state index contributed by atoms with van der Waals surface area (Å²) in [6.45, 7) is 0. The summed E-state index contributed by atoms with van der Waals surface area (Å²) >= 11 is 0. The van der Waals surface area contributed by atoms with Crippen molar-refractivity contribution < 1.29 is 4.74 Å². The molecule has 6 atom stereocenters. The molecule has 4 aliphatic rings. The van der Waals surface area contributed by atoms with Crippen LogP contribution < -0.4 is 0 Å². The first-order chi connectivity index (χ1) is 5.45. The third-order valence-corrected chi connectivity index (χ3v) is 4.48. The highest BCUT2D eigenvalue weighted by atomic mass is 16.6. The molecule has 59 valence electrons. The highest BCUT2D eigenvalue weighted by Gasteiger charge is 2.67. The molecular formula is C10H13O. The molecule has 3 saturated carbocycles. The van der Waals surface area contributed by atoms with Crippen LogP contribution >= 0.6 is 0 Å². The summed E-state index contributed by atoms with van der Waals surface area (Å²) in [6, 6.07) is 0. The van der Waals surface area contributed by atoms with Gasteiger partial charge in [-0.2, -0.15) is 0 Å². The summed E-state index contributed by atoms with van der Waals surface area (Å²) < 4.78 is 5.66. The molecule has 0 N–H and O–H groups in total. The zero-order chi connectivity index (χ0) is 7.00. The van der Waals surface area contributed by atoms with Crippen molar-refractivity contribution >= 4 is 0 Å². The fraction of sp³-hybridized carbons (Fsp3) is 0.900. The Bertz CT molecular complexity index is 189. The van der Waals surface area contributed by atoms with Gasteiger partial charge in [-0.05, 0) is 49.4 Å². The number of ether oxygens (including phenoxy) is 1. The zero-order valence-corrected chi connectivity index (χ0v) is 6.57. The number of epoxide rings is 1. The van der Waals surface area contributed by atoms with Gasteiger partial charge in [0.05, 0.1) is 12.2 Å². The van der Waals surface area contributed by atoms with Gasteiger partial charge in [-0.1, -0.05) is 0 Å². The molecule has 1 saturated heterocycles. The highest BCUT2D eigenvalue weighted by Crippen LogP contribution is 2.65. The predicted molar refractivity (Wildman–Crippen MR) is 40.8 cm³/mol. The van der Waals surface area contributed by atoms with E-state index in [9.17, 15) is 0 Å². The van der Waals surface area contributed by atoms with Gasteiger partial charge >= 0.3 is 0 Å². The van der Waals surface area contributed by atoms with E-state index in [4.69, 9.17) is 4.74 Å². The van der Waals surface area contributed by atoms with Crippen molar-refractivity contribution in [1.29, 1.82) is 0 Å². The standard InChI is InChI=1S/C10H13O/c1-2-5-6(3-1)8-4-7(5)9-10(8)11-9/h1,5-10H,2-4H2. The van der Waals surface area contributed by atoms with Crippen LogP contribution in [0.1, 0.15) is 19.3 Å². The minimum absolute atomic E-state index is 0.729. The molecule has 6 unspecified atom stereocenters. The van der Waals surface area contributed by atoms with Crippen LogP contribution in [0.5, 0.6) is 0 Å². The van der Waals surface area contributed by atoms with Crippen molar-refractivity contribution in [2.24, 2.45) is 23.7 Å². The molecule has 4 fully saturated rings. The largest absolute Gasteiger partial charge is 0.369 e. The number of hydrogen-bond acceptors (Lipinski definition) is 1. The summed E-state index contributed by atoms with van der Waals surface area (Å²) in [5.41, 5.74) is 0. The Hall–Kier alpha value is -0.0400. The van der Waals surface area contributed by atoms with Crippen LogP contribution in [-0.4, -0.2) is 12.2 Å². The summed E-state index contributed by atoms with van der Waals surface area (Å²) in [5, 5.41) is 0. The minimum Gasteiger partial charge on any atom is -0.369 e. The van der Waals surface area contributed by atoms with Crippen LogP contribution in [0.3, 0.4) is 0 Å². The van der Waals surface area contributed by atoms with Crippen molar-refractivity contribution in [3.8, 4) is 0 Å². The van der Waals surface area contributed by atoms with Crippen LogP contribution in [0.25, 0.3) is 0 Å². The molecule has 4 rings (SSSR count). The van der Waals surface area contributed by atoms with E-state index in [1.54, 1.807) is 0 Å². The molecule has 3 aliphatic carbocycles. The third kappa shape index (κ3) is 0.488. The zero-order valence-electron chi connectivity index (χ0n) is 6.57. The van der Waals surface area contributed by atoms with Crippen LogP contribution in [-0.2, 0) is 4.74 Å². The average Bonchev–Trinajstić information content (AvgIpc) is 2.46. The predicted octanol–water partition coefficient (Wildman–Crippen LogP) is 1.63. The van der Waals surface area contributed by atoms with E-state index in [1.165, 1.54) is 19.3 Å². The van der Waals surface area contributed by atoms with Gasteiger partial charge in [-0.15, -0.1) is 0 Å². The molecule has 0 amide bonds. The lowest BCUT2D eigenvalue weighted by Gasteiger charge is -2.20. The Morgan fingerprint density at radius 2 is 1.55 bits per heavy atom. The third-order valence-electron chi connectivity index (χ3n) is 4.48. The molecule has 0 aromatic carbocycles. The first-order valence-corrected chi connectivity index (χ1v) is 4.92. The second-order valence-electron chi connectivity index (χ2n) is 4.72. The van der Waals surface area contributed by atoms with E-state index in [0.29, 0.717) is 0 Å². The van der Waals surface area contributed by atoms with Crippen LogP contribution in [0.2, 0.25) is 0 Å². The molecule has 1 aliphatic heterocycles. The average molecular weight is 149 g/mol. The molecule has 0 aromatic heterocycles. The Balaban J connectivity index is 1.79. The van der Waals surface area contributed by atoms with Crippen LogP contribution in [0, 0.1) is 30.1 Å². The van der Waals surface area contributed by atoms with E-state index in [-0.39, 0.29) is 0 Å². The maximum Gasteiger partial charge on any atom is 0.0875 e. The summed E-state index contributed by atoms with van der Waals surface area (Å²) in [7, 11) is 0. The van der Waals surface area contributed by atoms with Crippen LogP contribution in [0.4, 0.5) is 0 Å². The monoisotopic (exact) mass is 149 g/mol. The molecule has 1 nitrogen and oxygen atoms in total. The van der Waals surface area contributed by atoms with Crippen LogP contribution in [0.15, 0.2) is 0 Å². The van der Waals surface area contributed by atoms with Crippen molar-refractivity contribution in [2.45, 2.75) is 31.5 Å². The van der Waals surface area contributed by atoms with E-state index >= 15 is 0 Å². The molecular weight excluding hydrogens is 136 g/mol. The van der Waals surface area contributed by atoms with Gasteiger partial charge in [0.15, 0.2) is 0 Å². The smallest absolute Gasteiger partial charge is 0.0875 e. The Labute approximate surface area is 67.1 Å². The maximum absolute atomic E-state index is 5.66. The van der Waals surface area contributed by atoms with Gasteiger partial charge in [0.25, 0.3) is 0 Å². The van der Waals surface area contributed by atoms with Gasteiger partial charge < -0.3 is 4.74 Å². The van der Waals surface area contributed by atoms with Gasteiger partial charge in [-0.3, -0.25) is 0 Å². The second kappa shape index (κ2) is 1.52. The Kier molecular flexibility index (Phi) is 0.769. The van der Waals surface area contributed by atoms with E-state index < -0.39 is 0 Å². The van der Waals surface area contributed by atoms with Crippen molar-refractivity contribution in [1.82, 2.24) is 0 Å². The molecule has 2 bridgehead atoms. The fourth-order valence-corrected chi connectivity index (χ4v) is 4.06. The van der Waals surface area contributed by atoms with E-state index in [0.717, 1.165) is 35.9 Å². The number of hydrogen-bond donors (Lipinski definition) is 0. The summed E-state index contributed by atoms with van der Waals surface area (Å²) in [4.78, 5) is 0. The molecule has 1 heteroatoms. The van der Waals surface area contributed by atoms with E-state index in [2.05, 4.69) is 6.42 Å². The Morgan fingerprint density at radius 1 is 0.909 bits per heavy atom. The second-order valence-corrected chi connectivity index (χ2v) is 4.72. The van der Waals surface area contributed by atoms with Gasteiger partial charge in [0.1, 0.15) is 0 Å². The lowest BCUT2D eigenvalue weighted by atomic mass is 9.82. The minimum atomic E-state index is 0.729. The lowest BCUT2D eigenvalue weighted by Crippen LogP contribution is -2.22. The summed E-state index contributed by atoms with van der Waals surface area (Å²) in [6.07, 6.45) is 8.29. The lowest BCUT2D eigenvalue weighted by molar-refractivity contribution is 0.247. The first kappa shape index (κ1) is 5.58. The van der Waals surface area contributed by atoms with Gasteiger partial charge in [0, 0.05) is 0 Å². The highest BCUT2D eigenvalue weighted by molar-refractivity contribution is 5.17. The fourth-order valence-electron chi connectivity index (χ4n) is 4.06. The molecule has 1 heterocycles. The maximum atomic E-state index is 5.66. The quantitative estimate of drug-likeness (QED) is 0.477. The van der Waals surface area contributed by atoms with Crippen molar-refractivity contribution in [3.05, 3.63) is 6.42 Å². The number of fused-ring (bicyclic) bond motifs is 8. The van der Waals surface area contributed by atoms with Crippen molar-refractivity contribution in [3.63, 3.8) is 0 Å². The molecule has 0 aromatic rings. The SMILES string of the molecule is [CH]1CC2C(C1)C1CC2C2OC12. The van der Waals surface area contributed by atoms with Gasteiger partial charge in [-0.25, -0.2) is 0 Å². The van der Waals surface area contributed by atoms with E-state index in [1.807, 2.05) is 0 Å². The first-order valence-electron chi connectivity index (χ1n) is 4.92.